The number of aromatic hydroxyl groups is 1. The Bertz CT molecular complexity index is 1150. The molecule has 1 aliphatic rings. The molecule has 5 rings (SSSR count). The van der Waals surface area contributed by atoms with Crippen LogP contribution in [-0.4, -0.2) is 26.5 Å². The molecule has 0 radical (unpaired) electrons. The fraction of sp³-hybridized carbons (Fsp3) is 0.208. The third-order valence-electron chi connectivity index (χ3n) is 5.62. The minimum absolute atomic E-state index is 0.0680. The second-order valence-corrected chi connectivity index (χ2v) is 7.56. The van der Waals surface area contributed by atoms with Crippen LogP contribution in [0.25, 0.3) is 10.9 Å². The summed E-state index contributed by atoms with van der Waals surface area (Å²) in [5, 5.41) is 11.2. The summed E-state index contributed by atoms with van der Waals surface area (Å²) >= 11 is 0. The molecule has 2 N–H and O–H groups in total. The smallest absolute Gasteiger partial charge is 0.115 e. The molecule has 1 aliphatic heterocycles. The third-order valence-corrected chi connectivity index (χ3v) is 5.62. The minimum Gasteiger partial charge on any atom is -0.508 e. The lowest BCUT2D eigenvalue weighted by Gasteiger charge is -2.35. The van der Waals surface area contributed by atoms with Crippen LogP contribution in [0, 0.1) is 6.92 Å². The molecule has 1 unspecified atom stereocenters. The van der Waals surface area contributed by atoms with E-state index in [2.05, 4.69) is 52.3 Å². The Morgan fingerprint density at radius 1 is 1.07 bits per heavy atom. The van der Waals surface area contributed by atoms with Gasteiger partial charge in [-0.3, -0.25) is 9.88 Å². The Morgan fingerprint density at radius 3 is 2.79 bits per heavy atom. The van der Waals surface area contributed by atoms with Crippen LogP contribution in [0.3, 0.4) is 0 Å². The van der Waals surface area contributed by atoms with Gasteiger partial charge in [-0.05, 0) is 54.8 Å². The van der Waals surface area contributed by atoms with E-state index < -0.39 is 0 Å². The number of benzene rings is 2. The number of aromatic amines is 1. The van der Waals surface area contributed by atoms with Crippen molar-refractivity contribution in [3.63, 3.8) is 0 Å². The molecule has 3 heterocycles. The number of rotatable bonds is 3. The van der Waals surface area contributed by atoms with E-state index in [4.69, 9.17) is 4.98 Å². The Labute approximate surface area is 164 Å². The number of aryl methyl sites for hydroxylation is 1. The van der Waals surface area contributed by atoms with Gasteiger partial charge in [-0.15, -0.1) is 0 Å². The van der Waals surface area contributed by atoms with Gasteiger partial charge < -0.3 is 10.1 Å². The second kappa shape index (κ2) is 6.80. The van der Waals surface area contributed by atoms with Crippen molar-refractivity contribution in [3.8, 4) is 5.75 Å². The van der Waals surface area contributed by atoms with Gasteiger partial charge in [-0.1, -0.05) is 36.4 Å². The molecule has 0 fully saturated rings. The average molecular weight is 369 g/mol. The molecule has 0 saturated heterocycles. The maximum atomic E-state index is 9.88. The van der Waals surface area contributed by atoms with Crippen LogP contribution in [0.15, 0.2) is 66.7 Å². The number of pyridine rings is 1. The van der Waals surface area contributed by atoms with Gasteiger partial charge in [0.25, 0.3) is 0 Å². The zero-order valence-electron chi connectivity index (χ0n) is 15.9. The number of aromatic nitrogens is 2. The molecule has 0 aliphatic carbocycles. The Hall–Kier alpha value is -3.11. The van der Waals surface area contributed by atoms with Crippen molar-refractivity contribution in [1.29, 1.82) is 0 Å². The van der Waals surface area contributed by atoms with Gasteiger partial charge in [0.15, 0.2) is 0 Å². The maximum absolute atomic E-state index is 9.88. The highest BCUT2D eigenvalue weighted by Gasteiger charge is 2.32. The van der Waals surface area contributed by atoms with Gasteiger partial charge in [-0.2, -0.15) is 0 Å². The first-order valence-electron chi connectivity index (χ1n) is 9.74. The first kappa shape index (κ1) is 17.0. The molecular weight excluding hydrogens is 346 g/mol. The summed E-state index contributed by atoms with van der Waals surface area (Å²) < 4.78 is 0. The average Bonchev–Trinajstić information content (AvgIpc) is 3.06. The van der Waals surface area contributed by atoms with Crippen LogP contribution in [-0.2, 0) is 13.0 Å². The van der Waals surface area contributed by atoms with Crippen molar-refractivity contribution < 1.29 is 5.11 Å². The summed E-state index contributed by atoms with van der Waals surface area (Å²) in [7, 11) is 0. The second-order valence-electron chi connectivity index (χ2n) is 7.56. The molecule has 0 saturated carbocycles. The monoisotopic (exact) mass is 369 g/mol. The number of hydrogen-bond donors (Lipinski definition) is 2. The van der Waals surface area contributed by atoms with Crippen LogP contribution in [0.2, 0.25) is 0 Å². The predicted octanol–water partition coefficient (Wildman–Crippen LogP) is 4.72. The van der Waals surface area contributed by atoms with Gasteiger partial charge in [0.05, 0.1) is 11.7 Å². The van der Waals surface area contributed by atoms with Crippen LogP contribution >= 0.6 is 0 Å². The lowest BCUT2D eigenvalue weighted by molar-refractivity contribution is 0.198. The van der Waals surface area contributed by atoms with Gasteiger partial charge in [0.1, 0.15) is 5.75 Å². The molecule has 0 amide bonds. The number of fused-ring (bicyclic) bond motifs is 3. The van der Waals surface area contributed by atoms with Gasteiger partial charge in [-0.25, -0.2) is 0 Å². The molecule has 0 bridgehead atoms. The minimum atomic E-state index is 0.0680. The summed E-state index contributed by atoms with van der Waals surface area (Å²) in [5.41, 5.74) is 7.02. The first-order chi connectivity index (χ1) is 13.7. The summed E-state index contributed by atoms with van der Waals surface area (Å²) in [6.45, 7) is 3.76. The number of nitrogens with zero attached hydrogens (tertiary/aromatic N) is 2. The summed E-state index contributed by atoms with van der Waals surface area (Å²) in [6.07, 6.45) is 1.00. The van der Waals surface area contributed by atoms with E-state index in [1.54, 1.807) is 6.07 Å². The number of para-hydroxylation sites is 1. The molecule has 4 nitrogen and oxygen atoms in total. The summed E-state index contributed by atoms with van der Waals surface area (Å²) in [4.78, 5) is 11.0. The van der Waals surface area contributed by atoms with E-state index in [1.165, 1.54) is 22.2 Å². The van der Waals surface area contributed by atoms with E-state index in [-0.39, 0.29) is 6.04 Å². The van der Waals surface area contributed by atoms with Gasteiger partial charge >= 0.3 is 0 Å². The Kier molecular flexibility index (Phi) is 4.14. The predicted molar refractivity (Wildman–Crippen MR) is 111 cm³/mol. The number of phenolic OH excluding ortho intramolecular Hbond substituents is 1. The molecule has 2 aromatic heterocycles. The molecule has 1 atom stereocenters. The van der Waals surface area contributed by atoms with Crippen LogP contribution in [0.5, 0.6) is 5.75 Å². The van der Waals surface area contributed by atoms with Gasteiger partial charge in [0, 0.05) is 35.4 Å². The van der Waals surface area contributed by atoms with Crippen molar-refractivity contribution in [1.82, 2.24) is 14.9 Å². The summed E-state index contributed by atoms with van der Waals surface area (Å²) in [6, 6.07) is 22.4. The zero-order valence-corrected chi connectivity index (χ0v) is 15.9. The third kappa shape index (κ3) is 2.96. The molecule has 4 heteroatoms. The van der Waals surface area contributed by atoms with Crippen LogP contribution in [0.4, 0.5) is 0 Å². The first-order valence-corrected chi connectivity index (χ1v) is 9.74. The van der Waals surface area contributed by atoms with E-state index in [0.29, 0.717) is 5.75 Å². The molecule has 2 aromatic carbocycles. The highest BCUT2D eigenvalue weighted by Crippen LogP contribution is 2.38. The SMILES string of the molecule is Cc1cccc(C2c3[nH]c4ccccc4c3CCN2Cc2cccc(O)c2)n1. The van der Waals surface area contributed by atoms with Crippen molar-refractivity contribution >= 4 is 10.9 Å². The standard InChI is InChI=1S/C24H23N3O/c1-16-6-4-11-22(25-16)24-23-20(19-9-2-3-10-21(19)26-23)12-13-27(24)15-17-7-5-8-18(28)14-17/h2-11,14,24,26,28H,12-13,15H2,1H3. The molecule has 28 heavy (non-hydrogen) atoms. The Balaban J connectivity index is 1.63. The van der Waals surface area contributed by atoms with E-state index in [0.717, 1.165) is 36.5 Å². The molecule has 140 valence electrons. The Morgan fingerprint density at radius 2 is 1.93 bits per heavy atom. The van der Waals surface area contributed by atoms with E-state index >= 15 is 0 Å². The van der Waals surface area contributed by atoms with Crippen LogP contribution in [0.1, 0.15) is 34.3 Å². The molecular formula is C24H23N3O. The van der Waals surface area contributed by atoms with Crippen LogP contribution < -0.4 is 0 Å². The van der Waals surface area contributed by atoms with Crippen molar-refractivity contribution in [2.24, 2.45) is 0 Å². The largest absolute Gasteiger partial charge is 0.508 e. The number of H-pyrrole nitrogens is 1. The molecule has 4 aromatic rings. The highest BCUT2D eigenvalue weighted by molar-refractivity contribution is 5.85. The zero-order chi connectivity index (χ0) is 19.1. The van der Waals surface area contributed by atoms with Crippen molar-refractivity contribution in [2.75, 3.05) is 6.54 Å². The highest BCUT2D eigenvalue weighted by atomic mass is 16.3. The number of hydrogen-bond acceptors (Lipinski definition) is 3. The lowest BCUT2D eigenvalue weighted by atomic mass is 9.94. The fourth-order valence-electron chi connectivity index (χ4n) is 4.40. The quantitative estimate of drug-likeness (QED) is 0.549. The molecule has 0 spiro atoms. The lowest BCUT2D eigenvalue weighted by Crippen LogP contribution is -2.36. The van der Waals surface area contributed by atoms with Gasteiger partial charge in [0.2, 0.25) is 0 Å². The topological polar surface area (TPSA) is 52.2 Å². The number of nitrogens with one attached hydrogen (secondary N) is 1. The maximum Gasteiger partial charge on any atom is 0.115 e. The normalized spacial score (nSPS) is 17.0. The van der Waals surface area contributed by atoms with E-state index in [9.17, 15) is 5.11 Å². The van der Waals surface area contributed by atoms with E-state index in [1.807, 2.05) is 25.1 Å². The van der Waals surface area contributed by atoms with Crippen molar-refractivity contribution in [3.05, 3.63) is 94.9 Å². The summed E-state index contributed by atoms with van der Waals surface area (Å²) in [5.74, 6) is 0.311. The van der Waals surface area contributed by atoms with Crippen molar-refractivity contribution in [2.45, 2.75) is 25.9 Å². The number of phenols is 1. The fourth-order valence-corrected chi connectivity index (χ4v) is 4.40.